The summed E-state index contributed by atoms with van der Waals surface area (Å²) in [6.07, 6.45) is 0.0617. The van der Waals surface area contributed by atoms with Crippen molar-refractivity contribution in [1.82, 2.24) is 4.57 Å². The maximum Gasteiger partial charge on any atom is 0.312 e. The van der Waals surface area contributed by atoms with Crippen molar-refractivity contribution in [2.24, 2.45) is 7.05 Å². The number of carbonyl (C=O) groups is 1. The summed E-state index contributed by atoms with van der Waals surface area (Å²) in [4.78, 5) is 25.0. The highest BCUT2D eigenvalue weighted by Crippen LogP contribution is 2.40. The maximum absolute atomic E-state index is 13.2. The van der Waals surface area contributed by atoms with E-state index in [9.17, 15) is 14.0 Å². The van der Waals surface area contributed by atoms with Gasteiger partial charge in [0.1, 0.15) is 11.6 Å². The Morgan fingerprint density at radius 3 is 2.54 bits per heavy atom. The lowest BCUT2D eigenvalue weighted by atomic mass is 9.86. The van der Waals surface area contributed by atoms with Gasteiger partial charge in [0.25, 0.3) is 5.56 Å². The average molecular weight is 323 g/mol. The van der Waals surface area contributed by atoms with Gasteiger partial charge in [0.05, 0.1) is 17.5 Å². The van der Waals surface area contributed by atoms with Gasteiger partial charge in [0.2, 0.25) is 0 Å². The SMILES string of the molecule is Cn1c(=O)c2c(c3ccccc31)OC(=O)C[C@@H]2c1ccc(F)cc1. The fourth-order valence-corrected chi connectivity index (χ4v) is 3.31. The van der Waals surface area contributed by atoms with Crippen molar-refractivity contribution in [3.8, 4) is 5.75 Å². The minimum absolute atomic E-state index is 0.0617. The topological polar surface area (TPSA) is 48.3 Å². The molecule has 120 valence electrons. The smallest absolute Gasteiger partial charge is 0.312 e. The lowest BCUT2D eigenvalue weighted by Gasteiger charge is -2.26. The number of aryl methyl sites for hydroxylation is 1. The number of fused-ring (bicyclic) bond motifs is 3. The van der Waals surface area contributed by atoms with Crippen molar-refractivity contribution in [3.05, 3.63) is 75.8 Å². The summed E-state index contributed by atoms with van der Waals surface area (Å²) in [6, 6.07) is 13.2. The number of hydrogen-bond acceptors (Lipinski definition) is 3. The minimum atomic E-state index is -0.440. The summed E-state index contributed by atoms with van der Waals surface area (Å²) in [7, 11) is 1.70. The Morgan fingerprint density at radius 1 is 1.08 bits per heavy atom. The minimum Gasteiger partial charge on any atom is -0.425 e. The van der Waals surface area contributed by atoms with Crippen LogP contribution in [0.15, 0.2) is 53.3 Å². The molecule has 1 aromatic heterocycles. The van der Waals surface area contributed by atoms with Crippen LogP contribution in [0, 0.1) is 5.82 Å². The number of pyridine rings is 1. The fourth-order valence-electron chi connectivity index (χ4n) is 3.31. The largest absolute Gasteiger partial charge is 0.425 e. The van der Waals surface area contributed by atoms with Crippen LogP contribution in [0.3, 0.4) is 0 Å². The molecular weight excluding hydrogens is 309 g/mol. The van der Waals surface area contributed by atoms with Gasteiger partial charge >= 0.3 is 5.97 Å². The van der Waals surface area contributed by atoms with Crippen LogP contribution >= 0.6 is 0 Å². The molecule has 0 N–H and O–H groups in total. The van der Waals surface area contributed by atoms with E-state index in [0.29, 0.717) is 16.8 Å². The molecule has 0 bridgehead atoms. The van der Waals surface area contributed by atoms with Gasteiger partial charge in [0.15, 0.2) is 0 Å². The van der Waals surface area contributed by atoms with Crippen LogP contribution in [-0.4, -0.2) is 10.5 Å². The van der Waals surface area contributed by atoms with E-state index in [4.69, 9.17) is 4.74 Å². The van der Waals surface area contributed by atoms with Gasteiger partial charge in [-0.2, -0.15) is 0 Å². The highest BCUT2D eigenvalue weighted by atomic mass is 19.1. The second kappa shape index (κ2) is 5.30. The third-order valence-corrected chi connectivity index (χ3v) is 4.50. The molecule has 3 aromatic rings. The Morgan fingerprint density at radius 2 is 1.79 bits per heavy atom. The first-order valence-electron chi connectivity index (χ1n) is 7.64. The van der Waals surface area contributed by atoms with Crippen molar-refractivity contribution in [1.29, 1.82) is 0 Å². The highest BCUT2D eigenvalue weighted by molar-refractivity contribution is 5.91. The number of rotatable bonds is 1. The quantitative estimate of drug-likeness (QED) is 0.647. The van der Waals surface area contributed by atoms with Crippen LogP contribution in [0.5, 0.6) is 5.75 Å². The molecule has 1 atom stereocenters. The summed E-state index contributed by atoms with van der Waals surface area (Å²) in [5, 5.41) is 0.717. The first-order valence-corrected chi connectivity index (χ1v) is 7.64. The number of ether oxygens (including phenoxy) is 1. The van der Waals surface area contributed by atoms with E-state index in [1.165, 1.54) is 12.1 Å². The Balaban J connectivity index is 2.05. The molecule has 0 amide bonds. The molecule has 1 aliphatic rings. The van der Waals surface area contributed by atoms with Crippen LogP contribution in [0.1, 0.15) is 23.5 Å². The molecule has 24 heavy (non-hydrogen) atoms. The monoisotopic (exact) mass is 323 g/mol. The molecule has 2 heterocycles. The van der Waals surface area contributed by atoms with E-state index in [0.717, 1.165) is 10.9 Å². The van der Waals surface area contributed by atoms with Crippen molar-refractivity contribution in [3.63, 3.8) is 0 Å². The second-order valence-corrected chi connectivity index (χ2v) is 5.91. The molecule has 2 aromatic carbocycles. The first-order chi connectivity index (χ1) is 11.6. The summed E-state index contributed by atoms with van der Waals surface area (Å²) >= 11 is 0. The lowest BCUT2D eigenvalue weighted by molar-refractivity contribution is -0.135. The third-order valence-electron chi connectivity index (χ3n) is 4.50. The Labute approximate surface area is 137 Å². The molecule has 0 aliphatic carbocycles. The standard InChI is InChI=1S/C19H14FNO3/c1-21-15-5-3-2-4-13(15)18-17(19(21)23)14(10-16(22)24-18)11-6-8-12(20)9-7-11/h2-9,14H,10H2,1H3/t14-/m1/s1. The molecule has 4 nitrogen and oxygen atoms in total. The Kier molecular flexibility index (Phi) is 3.23. The van der Waals surface area contributed by atoms with Crippen LogP contribution in [0.2, 0.25) is 0 Å². The Hall–Kier alpha value is -2.95. The van der Waals surface area contributed by atoms with E-state index in [-0.39, 0.29) is 17.8 Å². The molecule has 4 rings (SSSR count). The predicted octanol–water partition coefficient (Wildman–Crippen LogP) is 3.12. The number of benzene rings is 2. The summed E-state index contributed by atoms with van der Waals surface area (Å²) in [5.41, 5.74) is 1.67. The zero-order chi connectivity index (χ0) is 16.8. The van der Waals surface area contributed by atoms with Crippen molar-refractivity contribution in [2.75, 3.05) is 0 Å². The number of hydrogen-bond donors (Lipinski definition) is 0. The van der Waals surface area contributed by atoms with E-state index in [2.05, 4.69) is 0 Å². The van der Waals surface area contributed by atoms with Crippen molar-refractivity contribution < 1.29 is 13.9 Å². The summed E-state index contributed by atoms with van der Waals surface area (Å²) in [6.45, 7) is 0. The number of nitrogens with zero attached hydrogens (tertiary/aromatic N) is 1. The van der Waals surface area contributed by atoms with Gasteiger partial charge in [-0.3, -0.25) is 9.59 Å². The summed E-state index contributed by atoms with van der Waals surface area (Å²) < 4.78 is 20.2. The molecule has 5 heteroatoms. The average Bonchev–Trinajstić information content (AvgIpc) is 2.59. The first kappa shape index (κ1) is 14.6. The van der Waals surface area contributed by atoms with Gasteiger partial charge in [-0.1, -0.05) is 24.3 Å². The van der Waals surface area contributed by atoms with Gasteiger partial charge < -0.3 is 9.30 Å². The molecule has 0 fully saturated rings. The van der Waals surface area contributed by atoms with E-state index < -0.39 is 11.9 Å². The van der Waals surface area contributed by atoms with E-state index >= 15 is 0 Å². The number of halogens is 1. The van der Waals surface area contributed by atoms with Gasteiger partial charge in [-0.25, -0.2) is 4.39 Å². The van der Waals surface area contributed by atoms with Crippen LogP contribution in [-0.2, 0) is 11.8 Å². The van der Waals surface area contributed by atoms with Crippen molar-refractivity contribution in [2.45, 2.75) is 12.3 Å². The molecule has 0 saturated carbocycles. The summed E-state index contributed by atoms with van der Waals surface area (Å²) in [5.74, 6) is -0.872. The molecule has 0 unspecified atom stereocenters. The number of para-hydroxylation sites is 1. The Bertz CT molecular complexity index is 1020. The molecule has 1 aliphatic heterocycles. The van der Waals surface area contributed by atoms with Crippen LogP contribution in [0.25, 0.3) is 10.9 Å². The zero-order valence-electron chi connectivity index (χ0n) is 13.0. The van der Waals surface area contributed by atoms with Gasteiger partial charge in [0, 0.05) is 18.4 Å². The molecular formula is C19H14FNO3. The second-order valence-electron chi connectivity index (χ2n) is 5.91. The van der Waals surface area contributed by atoms with Gasteiger partial charge in [-0.05, 0) is 29.8 Å². The predicted molar refractivity (Wildman–Crippen MR) is 87.7 cm³/mol. The zero-order valence-corrected chi connectivity index (χ0v) is 13.0. The number of aromatic nitrogens is 1. The molecule has 0 saturated heterocycles. The van der Waals surface area contributed by atoms with Gasteiger partial charge in [-0.15, -0.1) is 0 Å². The number of esters is 1. The van der Waals surface area contributed by atoms with Crippen LogP contribution < -0.4 is 10.3 Å². The van der Waals surface area contributed by atoms with E-state index in [1.807, 2.05) is 24.3 Å². The highest BCUT2D eigenvalue weighted by Gasteiger charge is 2.33. The third kappa shape index (κ3) is 2.12. The number of carbonyl (C=O) groups excluding carboxylic acids is 1. The normalized spacial score (nSPS) is 16.8. The maximum atomic E-state index is 13.2. The lowest BCUT2D eigenvalue weighted by Crippen LogP contribution is -2.31. The molecule has 0 spiro atoms. The fraction of sp³-hybridized carbons (Fsp3) is 0.158. The van der Waals surface area contributed by atoms with Crippen molar-refractivity contribution >= 4 is 16.9 Å². The molecule has 0 radical (unpaired) electrons. The van der Waals surface area contributed by atoms with Crippen LogP contribution in [0.4, 0.5) is 4.39 Å². The van der Waals surface area contributed by atoms with E-state index in [1.54, 1.807) is 23.7 Å².